The predicted octanol–water partition coefficient (Wildman–Crippen LogP) is 6.53. The predicted molar refractivity (Wildman–Crippen MR) is 131 cm³/mol. The lowest BCUT2D eigenvalue weighted by Gasteiger charge is -2.31. The van der Waals surface area contributed by atoms with Crippen molar-refractivity contribution in [3.05, 3.63) is 46.1 Å². The molecule has 20 heteroatoms. The van der Waals surface area contributed by atoms with Gasteiger partial charge in [0.2, 0.25) is 5.88 Å². The summed E-state index contributed by atoms with van der Waals surface area (Å²) >= 11 is 6.06. The van der Waals surface area contributed by atoms with Crippen molar-refractivity contribution < 1.29 is 57.8 Å². The molecule has 0 aliphatic heterocycles. The number of nitrogens with one attached hydrogen (secondary N) is 3. The van der Waals surface area contributed by atoms with Crippen molar-refractivity contribution in [3.63, 3.8) is 0 Å². The average molecular weight is 667 g/mol. The summed E-state index contributed by atoms with van der Waals surface area (Å²) in [5.41, 5.74) is -3.37. The molecule has 0 unspecified atom stereocenters. The molecule has 1 aromatic heterocycles. The van der Waals surface area contributed by atoms with Gasteiger partial charge in [-0.2, -0.15) is 44.8 Å². The van der Waals surface area contributed by atoms with E-state index in [9.17, 15) is 58.4 Å². The van der Waals surface area contributed by atoms with Crippen LogP contribution in [-0.2, 0) is 13.2 Å². The Bertz CT molecular complexity index is 1510. The molecule has 0 atom stereocenters. The quantitative estimate of drug-likeness (QED) is 0.176. The van der Waals surface area contributed by atoms with Crippen LogP contribution in [-0.4, -0.2) is 58.2 Å². The van der Waals surface area contributed by atoms with E-state index < -0.39 is 65.7 Å². The topological polar surface area (TPSA) is 116 Å². The first-order valence-corrected chi connectivity index (χ1v) is 12.2. The maximum Gasteiger partial charge on any atom is 0.425 e. The number of benzene rings is 1. The number of rotatable bonds is 12. The first-order valence-electron chi connectivity index (χ1n) is 11.8. The summed E-state index contributed by atoms with van der Waals surface area (Å²) in [4.78, 5) is 12.6. The van der Waals surface area contributed by atoms with Crippen molar-refractivity contribution in [1.82, 2.24) is 15.1 Å². The van der Waals surface area contributed by atoms with E-state index in [4.69, 9.17) is 17.0 Å². The van der Waals surface area contributed by atoms with Crippen LogP contribution in [0.2, 0.25) is 5.02 Å². The van der Waals surface area contributed by atoms with Gasteiger partial charge in [0, 0.05) is 25.0 Å². The summed E-state index contributed by atoms with van der Waals surface area (Å²) in [6, 6.07) is 5.59. The van der Waals surface area contributed by atoms with Crippen molar-refractivity contribution in [2.75, 3.05) is 11.9 Å². The number of halogens is 12. The molecule has 2 aromatic rings. The number of carbonyl (C=O) groups is 1. The van der Waals surface area contributed by atoms with Crippen LogP contribution in [0.5, 0.6) is 5.88 Å². The molecule has 44 heavy (non-hydrogen) atoms. The fraction of sp³-hybridized carbons (Fsp3) is 0.417. The average Bonchev–Trinajstić information content (AvgIpc) is 3.61. The monoisotopic (exact) mass is 666 g/mol. The first kappa shape index (κ1) is 34.4. The number of nitriles is 1. The lowest BCUT2D eigenvalue weighted by atomic mass is 10.0. The number of anilines is 1. The van der Waals surface area contributed by atoms with E-state index in [-0.39, 0.29) is 21.7 Å². The number of alkyl halides is 11. The molecule has 0 radical (unpaired) electrons. The van der Waals surface area contributed by atoms with E-state index in [1.807, 2.05) is 6.07 Å². The maximum absolute atomic E-state index is 13.9. The second kappa shape index (κ2) is 11.8. The van der Waals surface area contributed by atoms with Gasteiger partial charge in [-0.15, -0.1) is 5.10 Å². The molecule has 0 bridgehead atoms. The fourth-order valence-corrected chi connectivity index (χ4v) is 3.76. The Morgan fingerprint density at radius 3 is 2.32 bits per heavy atom. The van der Waals surface area contributed by atoms with Gasteiger partial charge in [0.05, 0.1) is 16.7 Å². The van der Waals surface area contributed by atoms with Gasteiger partial charge in [-0.05, 0) is 30.5 Å². The molecule has 1 aliphatic carbocycles. The van der Waals surface area contributed by atoms with Crippen molar-refractivity contribution in [2.24, 2.45) is 7.05 Å². The summed E-state index contributed by atoms with van der Waals surface area (Å²) in [5, 5.41) is 24.5. The largest absolute Gasteiger partial charge is 0.469 e. The summed E-state index contributed by atoms with van der Waals surface area (Å²) in [6.45, 7) is -2.90. The van der Waals surface area contributed by atoms with Crippen LogP contribution >= 0.6 is 11.6 Å². The summed E-state index contributed by atoms with van der Waals surface area (Å²) in [5.74, 6) is -23.0. The van der Waals surface area contributed by atoms with Crippen molar-refractivity contribution in [1.29, 1.82) is 10.7 Å². The maximum atomic E-state index is 13.9. The van der Waals surface area contributed by atoms with Crippen LogP contribution in [0.3, 0.4) is 0 Å². The van der Waals surface area contributed by atoms with Gasteiger partial charge in [-0.25, -0.2) is 13.5 Å². The number of amides is 1. The minimum absolute atomic E-state index is 0.0397. The van der Waals surface area contributed by atoms with Gasteiger partial charge in [0.25, 0.3) is 5.91 Å². The highest BCUT2D eigenvalue weighted by molar-refractivity contribution is 6.34. The van der Waals surface area contributed by atoms with E-state index in [0.29, 0.717) is 23.7 Å². The van der Waals surface area contributed by atoms with Gasteiger partial charge in [-0.3, -0.25) is 4.79 Å². The Balaban J connectivity index is 1.93. The molecule has 0 spiro atoms. The lowest BCUT2D eigenvalue weighted by molar-refractivity contribution is -0.342. The SMILES string of the molecule is Cn1nc(OCC(F)(F)C(F)(F)C(F)(F)C(F)F)c(C(F)(F)F)c1N/C=C(\C=N)c1ccc(Cl)c(C(=O)NC2(C#N)CC2)c1. The Hall–Kier alpha value is -4.08. The molecule has 3 N–H and O–H groups in total. The molecule has 0 saturated heterocycles. The van der Waals surface area contributed by atoms with Gasteiger partial charge in [-0.1, -0.05) is 17.7 Å². The minimum Gasteiger partial charge on any atom is -0.469 e. The molecule has 240 valence electrons. The van der Waals surface area contributed by atoms with Crippen LogP contribution in [0.25, 0.3) is 5.57 Å². The Morgan fingerprint density at radius 2 is 1.82 bits per heavy atom. The van der Waals surface area contributed by atoms with Gasteiger partial charge < -0.3 is 20.8 Å². The number of allylic oxidation sites excluding steroid dienone is 1. The highest BCUT2D eigenvalue weighted by atomic mass is 35.5. The molecular formula is C24H18ClF11N6O2. The molecular weight excluding hydrogens is 649 g/mol. The number of aromatic nitrogens is 2. The summed E-state index contributed by atoms with van der Waals surface area (Å²) in [7, 11) is 0.813. The standard InChI is InChI=1S/C24H18ClF11N6O2/c1-42-16(15(23(32,33)34)18(41-42)44-10-21(28,29)24(35,36)22(30,31)19(26)27)39-8-12(7-37)11-2-3-14(25)13(6-11)17(43)40-20(9-38)4-5-20/h2-3,6-8,19,37,39H,4-5,10H2,1H3,(H,40,43)/b12-8+,37-7?. The third-order valence-corrected chi connectivity index (χ3v) is 6.55. The van der Waals surface area contributed by atoms with Crippen molar-refractivity contribution in [2.45, 2.75) is 48.7 Å². The number of carbonyl (C=O) groups excluding carboxylic acids is 1. The zero-order valence-electron chi connectivity index (χ0n) is 21.8. The molecule has 1 fully saturated rings. The number of nitrogens with zero attached hydrogens (tertiary/aromatic N) is 3. The number of ether oxygens (including phenoxy) is 1. The van der Waals surface area contributed by atoms with Crippen LogP contribution < -0.4 is 15.4 Å². The highest BCUT2D eigenvalue weighted by Crippen LogP contribution is 2.49. The third-order valence-electron chi connectivity index (χ3n) is 6.22. The van der Waals surface area contributed by atoms with Crippen LogP contribution in [0.1, 0.15) is 34.3 Å². The first-order chi connectivity index (χ1) is 20.1. The zero-order valence-corrected chi connectivity index (χ0v) is 22.5. The Morgan fingerprint density at radius 1 is 1.20 bits per heavy atom. The Kier molecular flexibility index (Phi) is 9.21. The van der Waals surface area contributed by atoms with E-state index in [2.05, 4.69) is 20.5 Å². The highest BCUT2D eigenvalue weighted by Gasteiger charge is 2.75. The van der Waals surface area contributed by atoms with Gasteiger partial charge >= 0.3 is 30.4 Å². The second-order valence-corrected chi connectivity index (χ2v) is 9.78. The van der Waals surface area contributed by atoms with Gasteiger partial charge in [0.1, 0.15) is 11.4 Å². The zero-order chi connectivity index (χ0) is 33.5. The molecule has 1 aliphatic rings. The van der Waals surface area contributed by atoms with Crippen LogP contribution in [0, 0.1) is 16.7 Å². The van der Waals surface area contributed by atoms with E-state index in [1.54, 1.807) is 0 Å². The normalized spacial score (nSPS) is 15.5. The Labute approximate surface area is 244 Å². The number of aryl methyl sites for hydroxylation is 1. The van der Waals surface area contributed by atoms with Crippen LogP contribution in [0.4, 0.5) is 54.1 Å². The minimum atomic E-state index is -6.73. The molecule has 1 amide bonds. The molecule has 3 rings (SSSR count). The summed E-state index contributed by atoms with van der Waals surface area (Å²) in [6.07, 6.45) is -8.56. The fourth-order valence-electron chi connectivity index (χ4n) is 3.56. The number of hydrogen-bond donors (Lipinski definition) is 3. The molecule has 1 saturated carbocycles. The molecule has 1 aromatic carbocycles. The van der Waals surface area contributed by atoms with Crippen molar-refractivity contribution >= 4 is 35.1 Å². The van der Waals surface area contributed by atoms with Crippen LogP contribution in [0.15, 0.2) is 24.4 Å². The van der Waals surface area contributed by atoms with E-state index in [0.717, 1.165) is 19.3 Å². The second-order valence-electron chi connectivity index (χ2n) is 9.37. The smallest absolute Gasteiger partial charge is 0.425 e. The van der Waals surface area contributed by atoms with Gasteiger partial charge in [0.15, 0.2) is 12.2 Å². The van der Waals surface area contributed by atoms with Crippen molar-refractivity contribution in [3.8, 4) is 11.9 Å². The molecule has 8 nitrogen and oxygen atoms in total. The lowest BCUT2D eigenvalue weighted by Crippen LogP contribution is -2.59. The van der Waals surface area contributed by atoms with E-state index >= 15 is 0 Å². The third kappa shape index (κ3) is 6.54. The summed E-state index contributed by atoms with van der Waals surface area (Å²) < 4.78 is 152. The molecule has 1 heterocycles. The van der Waals surface area contributed by atoms with E-state index in [1.165, 1.54) is 12.1 Å². The number of hydrogen-bond acceptors (Lipinski definition) is 6.